The smallest absolute Gasteiger partial charge is 0.323 e. The molecule has 1 saturated carbocycles. The lowest BCUT2D eigenvalue weighted by molar-refractivity contribution is -0.176. The average Bonchev–Trinajstić information content (AvgIpc) is 2.28. The van der Waals surface area contributed by atoms with Crippen molar-refractivity contribution in [3.63, 3.8) is 0 Å². The predicted molar refractivity (Wildman–Crippen MR) is 65.5 cm³/mol. The summed E-state index contributed by atoms with van der Waals surface area (Å²) < 4.78 is 9.34. The molecule has 0 unspecified atom stereocenters. The molecular weight excluding hydrogens is 248 g/mol. The van der Waals surface area contributed by atoms with E-state index in [4.69, 9.17) is 9.47 Å². The second-order valence-corrected chi connectivity index (χ2v) is 6.38. The average molecular weight is 264 g/mol. The molecule has 6 heteroatoms. The van der Waals surface area contributed by atoms with Crippen LogP contribution in [-0.4, -0.2) is 42.7 Å². The topological polar surface area (TPSA) is 52.6 Å². The molecule has 0 spiro atoms. The van der Waals surface area contributed by atoms with E-state index in [-0.39, 0.29) is 4.08 Å². The minimum Gasteiger partial charge on any atom is -0.468 e. The monoisotopic (exact) mass is 264 g/mol. The quantitative estimate of drug-likeness (QED) is 0.436. The van der Waals surface area contributed by atoms with Crippen molar-refractivity contribution in [2.75, 3.05) is 26.7 Å². The van der Waals surface area contributed by atoms with Crippen LogP contribution in [0.1, 0.15) is 12.8 Å². The first-order valence-electron chi connectivity index (χ1n) is 4.77. The number of hydrogen-bond donors (Lipinski definition) is 0. The van der Waals surface area contributed by atoms with E-state index < -0.39 is 17.4 Å². The molecule has 0 atom stereocenters. The molecular formula is C10H16O4S2. The van der Waals surface area contributed by atoms with Gasteiger partial charge in [-0.1, -0.05) is 0 Å². The molecule has 92 valence electrons. The summed E-state index contributed by atoms with van der Waals surface area (Å²) in [5.41, 5.74) is -1.09. The van der Waals surface area contributed by atoms with Gasteiger partial charge < -0.3 is 9.47 Å². The normalized spacial score (nSPS) is 20.8. The highest BCUT2D eigenvalue weighted by atomic mass is 32.2. The van der Waals surface area contributed by atoms with E-state index in [0.717, 1.165) is 0 Å². The van der Waals surface area contributed by atoms with Crippen molar-refractivity contribution >= 4 is 35.5 Å². The Balaban J connectivity index is 2.89. The third-order valence-electron chi connectivity index (χ3n) is 3.04. The van der Waals surface area contributed by atoms with Crippen LogP contribution in [-0.2, 0) is 19.1 Å². The Kier molecular flexibility index (Phi) is 4.17. The van der Waals surface area contributed by atoms with Gasteiger partial charge in [0, 0.05) is 0 Å². The van der Waals surface area contributed by atoms with Gasteiger partial charge in [-0.05, 0) is 25.4 Å². The van der Waals surface area contributed by atoms with E-state index in [2.05, 4.69) is 0 Å². The highest BCUT2D eigenvalue weighted by Gasteiger charge is 2.64. The van der Waals surface area contributed by atoms with E-state index in [0.29, 0.717) is 12.8 Å². The number of hydrogen-bond acceptors (Lipinski definition) is 6. The molecule has 4 nitrogen and oxygen atoms in total. The molecule has 1 rings (SSSR count). The van der Waals surface area contributed by atoms with Crippen molar-refractivity contribution in [3.8, 4) is 0 Å². The minimum absolute atomic E-state index is 0.0671. The van der Waals surface area contributed by atoms with Crippen LogP contribution in [0.5, 0.6) is 0 Å². The number of methoxy groups -OCH3 is 2. The number of esters is 2. The fraction of sp³-hybridized carbons (Fsp3) is 0.800. The SMILES string of the molecule is COC(=O)C1(C(=O)OC)CC(SC)(SC)C1. The summed E-state index contributed by atoms with van der Waals surface area (Å²) in [7, 11) is 2.59. The molecule has 0 aromatic carbocycles. The summed E-state index contributed by atoms with van der Waals surface area (Å²) in [5.74, 6) is -0.976. The van der Waals surface area contributed by atoms with Gasteiger partial charge in [-0.15, -0.1) is 23.5 Å². The van der Waals surface area contributed by atoms with Gasteiger partial charge in [-0.25, -0.2) is 0 Å². The zero-order valence-corrected chi connectivity index (χ0v) is 11.5. The van der Waals surface area contributed by atoms with Crippen LogP contribution >= 0.6 is 23.5 Å². The molecule has 1 aliphatic carbocycles. The summed E-state index contributed by atoms with van der Waals surface area (Å²) in [6.45, 7) is 0. The van der Waals surface area contributed by atoms with Gasteiger partial charge in [-0.2, -0.15) is 0 Å². The summed E-state index contributed by atoms with van der Waals surface area (Å²) in [5, 5.41) is 0. The molecule has 1 aliphatic rings. The summed E-state index contributed by atoms with van der Waals surface area (Å²) in [6, 6.07) is 0. The van der Waals surface area contributed by atoms with Crippen LogP contribution in [0, 0.1) is 5.41 Å². The van der Waals surface area contributed by atoms with E-state index in [1.165, 1.54) is 14.2 Å². The second-order valence-electron chi connectivity index (χ2n) is 3.74. The van der Waals surface area contributed by atoms with Gasteiger partial charge in [-0.3, -0.25) is 9.59 Å². The molecule has 0 radical (unpaired) electrons. The zero-order chi connectivity index (χ0) is 12.4. The van der Waals surface area contributed by atoms with Crippen molar-refractivity contribution in [2.45, 2.75) is 16.9 Å². The number of carbonyl (C=O) groups excluding carboxylic acids is 2. The molecule has 16 heavy (non-hydrogen) atoms. The Labute approximate surface area is 104 Å². The van der Waals surface area contributed by atoms with Gasteiger partial charge in [0.2, 0.25) is 0 Å². The molecule has 0 amide bonds. The zero-order valence-electron chi connectivity index (χ0n) is 9.86. The van der Waals surface area contributed by atoms with E-state index in [9.17, 15) is 9.59 Å². The Morgan fingerprint density at radius 1 is 1.00 bits per heavy atom. The van der Waals surface area contributed by atoms with Gasteiger partial charge in [0.25, 0.3) is 0 Å². The van der Waals surface area contributed by atoms with E-state index in [1.807, 2.05) is 12.5 Å². The fourth-order valence-electron chi connectivity index (χ4n) is 2.00. The van der Waals surface area contributed by atoms with E-state index in [1.54, 1.807) is 23.5 Å². The highest BCUT2D eigenvalue weighted by Crippen LogP contribution is 2.61. The summed E-state index contributed by atoms with van der Waals surface area (Å²) in [6.07, 6.45) is 4.91. The lowest BCUT2D eigenvalue weighted by Crippen LogP contribution is -2.57. The molecule has 0 saturated heterocycles. The van der Waals surface area contributed by atoms with Crippen molar-refractivity contribution < 1.29 is 19.1 Å². The highest BCUT2D eigenvalue weighted by molar-refractivity contribution is 8.17. The second kappa shape index (κ2) is 4.87. The molecule has 0 aliphatic heterocycles. The van der Waals surface area contributed by atoms with Crippen LogP contribution in [0.4, 0.5) is 0 Å². The van der Waals surface area contributed by atoms with Crippen LogP contribution in [0.25, 0.3) is 0 Å². The van der Waals surface area contributed by atoms with Crippen molar-refractivity contribution in [1.82, 2.24) is 0 Å². The van der Waals surface area contributed by atoms with E-state index >= 15 is 0 Å². The maximum Gasteiger partial charge on any atom is 0.323 e. The summed E-state index contributed by atoms with van der Waals surface area (Å²) in [4.78, 5) is 23.4. The van der Waals surface area contributed by atoms with Crippen molar-refractivity contribution in [1.29, 1.82) is 0 Å². The standard InChI is InChI=1S/C10H16O4S2/c1-13-7(11)9(8(12)14-2)5-10(6-9,15-3)16-4/h5-6H2,1-4H3. The van der Waals surface area contributed by atoms with Gasteiger partial charge >= 0.3 is 11.9 Å². The fourth-order valence-corrected chi connectivity index (χ4v) is 4.23. The Bertz CT molecular complexity index is 273. The van der Waals surface area contributed by atoms with Gasteiger partial charge in [0.05, 0.1) is 18.3 Å². The third kappa shape index (κ3) is 1.93. The predicted octanol–water partition coefficient (Wildman–Crippen LogP) is 1.53. The maximum absolute atomic E-state index is 11.7. The molecule has 0 bridgehead atoms. The molecule has 0 heterocycles. The van der Waals surface area contributed by atoms with Crippen molar-refractivity contribution in [3.05, 3.63) is 0 Å². The van der Waals surface area contributed by atoms with Gasteiger partial charge in [0.1, 0.15) is 0 Å². The van der Waals surface area contributed by atoms with Crippen LogP contribution in [0.3, 0.4) is 0 Å². The molecule has 0 N–H and O–H groups in total. The molecule has 1 fully saturated rings. The lowest BCUT2D eigenvalue weighted by Gasteiger charge is -2.50. The Morgan fingerprint density at radius 3 is 1.62 bits per heavy atom. The third-order valence-corrected chi connectivity index (χ3v) is 6.10. The largest absolute Gasteiger partial charge is 0.468 e. The maximum atomic E-state index is 11.7. The lowest BCUT2D eigenvalue weighted by atomic mass is 9.67. The van der Waals surface area contributed by atoms with Crippen LogP contribution in [0.15, 0.2) is 0 Å². The molecule has 0 aromatic rings. The Morgan fingerprint density at radius 2 is 1.38 bits per heavy atom. The first kappa shape index (κ1) is 13.7. The first-order valence-corrected chi connectivity index (χ1v) is 7.22. The first-order chi connectivity index (χ1) is 7.50. The van der Waals surface area contributed by atoms with Crippen LogP contribution < -0.4 is 0 Å². The number of thioether (sulfide) groups is 2. The number of rotatable bonds is 4. The van der Waals surface area contributed by atoms with Gasteiger partial charge in [0.15, 0.2) is 5.41 Å². The number of carbonyl (C=O) groups is 2. The number of ether oxygens (including phenoxy) is 2. The molecule has 0 aromatic heterocycles. The van der Waals surface area contributed by atoms with Crippen LogP contribution in [0.2, 0.25) is 0 Å². The minimum atomic E-state index is -1.09. The van der Waals surface area contributed by atoms with Crippen molar-refractivity contribution in [2.24, 2.45) is 5.41 Å². The summed E-state index contributed by atoms with van der Waals surface area (Å²) >= 11 is 3.33. The Hall–Kier alpha value is -0.360.